The van der Waals surface area contributed by atoms with E-state index in [9.17, 15) is 4.39 Å². The number of hydrogen-bond donors (Lipinski definition) is 0. The van der Waals surface area contributed by atoms with Crippen LogP contribution < -0.4 is 0 Å². The molecule has 0 fully saturated rings. The molecule has 0 bridgehead atoms. The number of hydrogen-bond acceptors (Lipinski definition) is 1. The van der Waals surface area contributed by atoms with E-state index in [0.717, 1.165) is 17.1 Å². The Hall–Kier alpha value is -0.940. The summed E-state index contributed by atoms with van der Waals surface area (Å²) < 4.78 is 12.4. The molecule has 0 atom stereocenters. The second-order valence-corrected chi connectivity index (χ2v) is 3.42. The Bertz CT molecular complexity index is 271. The van der Waals surface area contributed by atoms with Gasteiger partial charge in [0.25, 0.3) is 0 Å². The maximum atomic E-state index is 12.4. The van der Waals surface area contributed by atoms with E-state index >= 15 is 0 Å². The molecule has 0 unspecified atom stereocenters. The summed E-state index contributed by atoms with van der Waals surface area (Å²) in [5, 5.41) is 0. The molecule has 0 heterocycles. The molecule has 0 saturated carbocycles. The SMILES string of the molecule is C#CCCSc1ccc(F)cc1. The van der Waals surface area contributed by atoms with Crippen molar-refractivity contribution in [1.82, 2.24) is 0 Å². The molecule has 62 valence electrons. The third kappa shape index (κ3) is 2.98. The van der Waals surface area contributed by atoms with Gasteiger partial charge in [0.05, 0.1) is 0 Å². The molecule has 0 N–H and O–H groups in total. The number of terminal acetylenes is 1. The van der Waals surface area contributed by atoms with Crippen molar-refractivity contribution in [3.63, 3.8) is 0 Å². The summed E-state index contributed by atoms with van der Waals surface area (Å²) in [6.07, 6.45) is 5.85. The zero-order valence-electron chi connectivity index (χ0n) is 6.59. The quantitative estimate of drug-likeness (QED) is 0.391. The third-order valence-corrected chi connectivity index (χ3v) is 2.34. The fourth-order valence-corrected chi connectivity index (χ4v) is 1.54. The number of thioether (sulfide) groups is 1. The normalized spacial score (nSPS) is 9.33. The van der Waals surface area contributed by atoms with Gasteiger partial charge >= 0.3 is 0 Å². The van der Waals surface area contributed by atoms with Crippen LogP contribution in [0.25, 0.3) is 0 Å². The molecule has 1 aromatic rings. The zero-order valence-corrected chi connectivity index (χ0v) is 7.40. The predicted octanol–water partition coefficient (Wildman–Crippen LogP) is 2.94. The first-order valence-electron chi connectivity index (χ1n) is 3.65. The van der Waals surface area contributed by atoms with Crippen LogP contribution in [0.1, 0.15) is 6.42 Å². The van der Waals surface area contributed by atoms with Crippen LogP contribution in [0, 0.1) is 18.2 Å². The minimum absolute atomic E-state index is 0.198. The molecule has 12 heavy (non-hydrogen) atoms. The van der Waals surface area contributed by atoms with E-state index in [1.54, 1.807) is 23.9 Å². The lowest BCUT2D eigenvalue weighted by molar-refractivity contribution is 0.626. The second-order valence-electron chi connectivity index (χ2n) is 2.26. The van der Waals surface area contributed by atoms with Crippen molar-refractivity contribution in [2.75, 3.05) is 5.75 Å². The van der Waals surface area contributed by atoms with Gasteiger partial charge in [-0.2, -0.15) is 0 Å². The van der Waals surface area contributed by atoms with E-state index in [1.165, 1.54) is 12.1 Å². The third-order valence-electron chi connectivity index (χ3n) is 1.33. The minimum Gasteiger partial charge on any atom is -0.207 e. The molecule has 0 aliphatic rings. The molecule has 1 rings (SSSR count). The molecule has 0 spiro atoms. The molecule has 2 heteroatoms. The van der Waals surface area contributed by atoms with Crippen LogP contribution in [0.15, 0.2) is 29.2 Å². The highest BCUT2D eigenvalue weighted by Gasteiger charge is 1.92. The molecular formula is C10H9FS. The van der Waals surface area contributed by atoms with Crippen molar-refractivity contribution in [2.45, 2.75) is 11.3 Å². The lowest BCUT2D eigenvalue weighted by Gasteiger charge is -1.97. The van der Waals surface area contributed by atoms with E-state index in [1.807, 2.05) is 0 Å². The Labute approximate surface area is 76.2 Å². The van der Waals surface area contributed by atoms with Gasteiger partial charge in [-0.25, -0.2) is 4.39 Å². The van der Waals surface area contributed by atoms with E-state index in [4.69, 9.17) is 6.42 Å². The fourth-order valence-electron chi connectivity index (χ4n) is 0.759. The maximum Gasteiger partial charge on any atom is 0.123 e. The van der Waals surface area contributed by atoms with E-state index < -0.39 is 0 Å². The van der Waals surface area contributed by atoms with Crippen molar-refractivity contribution in [1.29, 1.82) is 0 Å². The first-order valence-corrected chi connectivity index (χ1v) is 4.63. The van der Waals surface area contributed by atoms with Gasteiger partial charge in [0, 0.05) is 17.1 Å². The van der Waals surface area contributed by atoms with Crippen LogP contribution >= 0.6 is 11.8 Å². The van der Waals surface area contributed by atoms with Crippen LogP contribution in [0.5, 0.6) is 0 Å². The number of benzene rings is 1. The highest BCUT2D eigenvalue weighted by atomic mass is 32.2. The average Bonchev–Trinajstić information content (AvgIpc) is 2.09. The minimum atomic E-state index is -0.198. The smallest absolute Gasteiger partial charge is 0.123 e. The lowest BCUT2D eigenvalue weighted by Crippen LogP contribution is -1.77. The summed E-state index contributed by atoms with van der Waals surface area (Å²) in [5.41, 5.74) is 0. The number of rotatable bonds is 3. The molecule has 0 radical (unpaired) electrons. The molecule has 0 nitrogen and oxygen atoms in total. The monoisotopic (exact) mass is 180 g/mol. The van der Waals surface area contributed by atoms with E-state index in [0.29, 0.717) is 0 Å². The van der Waals surface area contributed by atoms with Crippen molar-refractivity contribution < 1.29 is 4.39 Å². The summed E-state index contributed by atoms with van der Waals surface area (Å²) in [6, 6.07) is 6.43. The zero-order chi connectivity index (χ0) is 8.81. The molecule has 0 amide bonds. The fraction of sp³-hybridized carbons (Fsp3) is 0.200. The van der Waals surface area contributed by atoms with Crippen molar-refractivity contribution in [2.24, 2.45) is 0 Å². The Morgan fingerprint density at radius 1 is 1.33 bits per heavy atom. The van der Waals surface area contributed by atoms with Crippen LogP contribution in [0.3, 0.4) is 0 Å². The molecular weight excluding hydrogens is 171 g/mol. The average molecular weight is 180 g/mol. The Balaban J connectivity index is 2.43. The Morgan fingerprint density at radius 2 is 2.00 bits per heavy atom. The number of halogens is 1. The van der Waals surface area contributed by atoms with Crippen LogP contribution in [0.2, 0.25) is 0 Å². The highest BCUT2D eigenvalue weighted by molar-refractivity contribution is 7.99. The Morgan fingerprint density at radius 3 is 2.58 bits per heavy atom. The van der Waals surface area contributed by atoms with Crippen LogP contribution in [-0.4, -0.2) is 5.75 Å². The van der Waals surface area contributed by atoms with Crippen molar-refractivity contribution in [3.8, 4) is 12.3 Å². The second kappa shape index (κ2) is 4.84. The summed E-state index contributed by atoms with van der Waals surface area (Å²) in [6.45, 7) is 0. The van der Waals surface area contributed by atoms with Gasteiger partial charge in [-0.1, -0.05) is 0 Å². The van der Waals surface area contributed by atoms with Gasteiger partial charge in [-0.15, -0.1) is 24.1 Å². The largest absolute Gasteiger partial charge is 0.207 e. The first kappa shape index (κ1) is 9.15. The van der Waals surface area contributed by atoms with Gasteiger partial charge in [-0.3, -0.25) is 0 Å². The van der Waals surface area contributed by atoms with Gasteiger partial charge in [0.1, 0.15) is 5.82 Å². The molecule has 0 aliphatic carbocycles. The summed E-state index contributed by atoms with van der Waals surface area (Å²) in [7, 11) is 0. The topological polar surface area (TPSA) is 0 Å². The summed E-state index contributed by atoms with van der Waals surface area (Å²) in [4.78, 5) is 1.06. The van der Waals surface area contributed by atoms with Crippen molar-refractivity contribution in [3.05, 3.63) is 30.1 Å². The van der Waals surface area contributed by atoms with Gasteiger partial charge in [-0.05, 0) is 24.3 Å². The van der Waals surface area contributed by atoms with Gasteiger partial charge in [0.2, 0.25) is 0 Å². The summed E-state index contributed by atoms with van der Waals surface area (Å²) >= 11 is 1.64. The first-order chi connectivity index (χ1) is 5.83. The van der Waals surface area contributed by atoms with Crippen LogP contribution in [0.4, 0.5) is 4.39 Å². The maximum absolute atomic E-state index is 12.4. The van der Waals surface area contributed by atoms with Gasteiger partial charge < -0.3 is 0 Å². The van der Waals surface area contributed by atoms with Crippen LogP contribution in [-0.2, 0) is 0 Å². The Kier molecular flexibility index (Phi) is 3.69. The molecule has 0 aromatic heterocycles. The highest BCUT2D eigenvalue weighted by Crippen LogP contribution is 2.18. The molecule has 0 aliphatic heterocycles. The van der Waals surface area contributed by atoms with Crippen molar-refractivity contribution >= 4 is 11.8 Å². The molecule has 0 saturated heterocycles. The summed E-state index contributed by atoms with van der Waals surface area (Å²) in [5.74, 6) is 3.25. The van der Waals surface area contributed by atoms with E-state index in [2.05, 4.69) is 5.92 Å². The van der Waals surface area contributed by atoms with E-state index in [-0.39, 0.29) is 5.82 Å². The van der Waals surface area contributed by atoms with Gasteiger partial charge in [0.15, 0.2) is 0 Å². The molecule has 1 aromatic carbocycles. The standard InChI is InChI=1S/C10H9FS/c1-2-3-8-12-10-6-4-9(11)5-7-10/h1,4-7H,3,8H2. The predicted molar refractivity (Wildman–Crippen MR) is 50.6 cm³/mol. The lowest BCUT2D eigenvalue weighted by atomic mass is 10.4.